The van der Waals surface area contributed by atoms with Crippen LogP contribution in [0.5, 0.6) is 5.75 Å². The molecule has 6 heteroatoms. The van der Waals surface area contributed by atoms with Gasteiger partial charge in [0.15, 0.2) is 0 Å². The SMILES string of the molecule is Cc1ccc(Cn2nc(C)c(C(=O)Oc3ccc(C#N)cc3)c2Cl)cc1. The van der Waals surface area contributed by atoms with Crippen LogP contribution in [-0.4, -0.2) is 15.7 Å². The maximum absolute atomic E-state index is 12.5. The minimum atomic E-state index is -0.577. The molecule has 2 aromatic carbocycles. The second kappa shape index (κ2) is 7.42. The molecule has 0 unspecified atom stereocenters. The molecule has 0 aliphatic carbocycles. The van der Waals surface area contributed by atoms with Crippen molar-refractivity contribution in [1.29, 1.82) is 5.26 Å². The monoisotopic (exact) mass is 365 g/mol. The van der Waals surface area contributed by atoms with Crippen LogP contribution in [-0.2, 0) is 6.54 Å². The highest BCUT2D eigenvalue weighted by atomic mass is 35.5. The highest BCUT2D eigenvalue weighted by molar-refractivity contribution is 6.32. The van der Waals surface area contributed by atoms with Gasteiger partial charge in [-0.15, -0.1) is 0 Å². The van der Waals surface area contributed by atoms with Crippen LogP contribution >= 0.6 is 11.6 Å². The quantitative estimate of drug-likeness (QED) is 0.511. The average molecular weight is 366 g/mol. The lowest BCUT2D eigenvalue weighted by atomic mass is 10.1. The smallest absolute Gasteiger partial charge is 0.348 e. The fourth-order valence-corrected chi connectivity index (χ4v) is 2.82. The molecule has 26 heavy (non-hydrogen) atoms. The van der Waals surface area contributed by atoms with Crippen molar-refractivity contribution in [3.05, 3.63) is 81.6 Å². The second-order valence-electron chi connectivity index (χ2n) is 5.92. The standard InChI is InChI=1S/C20H16ClN3O2/c1-13-3-5-16(6-4-13)12-24-19(21)18(14(2)23-24)20(25)26-17-9-7-15(11-22)8-10-17/h3-10H,12H2,1-2H3. The second-order valence-corrected chi connectivity index (χ2v) is 6.28. The van der Waals surface area contributed by atoms with Crippen LogP contribution < -0.4 is 4.74 Å². The summed E-state index contributed by atoms with van der Waals surface area (Å²) in [5.41, 5.74) is 3.43. The average Bonchev–Trinajstić information content (AvgIpc) is 2.91. The maximum Gasteiger partial charge on any atom is 0.348 e. The molecule has 3 rings (SSSR count). The van der Waals surface area contributed by atoms with Crippen molar-refractivity contribution in [3.63, 3.8) is 0 Å². The van der Waals surface area contributed by atoms with Crippen molar-refractivity contribution in [2.45, 2.75) is 20.4 Å². The summed E-state index contributed by atoms with van der Waals surface area (Å²) in [6.07, 6.45) is 0. The van der Waals surface area contributed by atoms with Crippen molar-refractivity contribution in [2.75, 3.05) is 0 Å². The Hall–Kier alpha value is -3.10. The van der Waals surface area contributed by atoms with E-state index in [4.69, 9.17) is 21.6 Å². The summed E-state index contributed by atoms with van der Waals surface area (Å²) in [7, 11) is 0. The third-order valence-electron chi connectivity index (χ3n) is 3.92. The van der Waals surface area contributed by atoms with Gasteiger partial charge >= 0.3 is 5.97 Å². The lowest BCUT2D eigenvalue weighted by Crippen LogP contribution is -2.10. The molecule has 0 bridgehead atoms. The highest BCUT2D eigenvalue weighted by Gasteiger charge is 2.22. The molecule has 1 heterocycles. The third kappa shape index (κ3) is 3.76. The summed E-state index contributed by atoms with van der Waals surface area (Å²) in [6, 6.07) is 16.3. The summed E-state index contributed by atoms with van der Waals surface area (Å²) < 4.78 is 6.94. The largest absolute Gasteiger partial charge is 0.423 e. The van der Waals surface area contributed by atoms with Crippen molar-refractivity contribution in [3.8, 4) is 11.8 Å². The maximum atomic E-state index is 12.5. The molecule has 0 N–H and O–H groups in total. The van der Waals surface area contributed by atoms with Crippen molar-refractivity contribution < 1.29 is 9.53 Å². The van der Waals surface area contributed by atoms with Crippen LogP contribution in [0.1, 0.15) is 32.7 Å². The van der Waals surface area contributed by atoms with E-state index in [9.17, 15) is 4.79 Å². The number of halogens is 1. The molecule has 0 saturated carbocycles. The normalized spacial score (nSPS) is 10.4. The molecule has 0 fully saturated rings. The van der Waals surface area contributed by atoms with Gasteiger partial charge in [0.1, 0.15) is 16.5 Å². The van der Waals surface area contributed by atoms with Gasteiger partial charge in [0.2, 0.25) is 0 Å². The molecule has 5 nitrogen and oxygen atoms in total. The van der Waals surface area contributed by atoms with Crippen molar-refractivity contribution >= 4 is 17.6 Å². The number of ether oxygens (including phenoxy) is 1. The third-order valence-corrected chi connectivity index (χ3v) is 4.30. The molecule has 0 radical (unpaired) electrons. The lowest BCUT2D eigenvalue weighted by molar-refractivity contribution is 0.0734. The van der Waals surface area contributed by atoms with Gasteiger partial charge in [-0.05, 0) is 43.7 Å². The summed E-state index contributed by atoms with van der Waals surface area (Å²) >= 11 is 6.38. The number of nitriles is 1. The number of hydrogen-bond donors (Lipinski definition) is 0. The molecular formula is C20H16ClN3O2. The fourth-order valence-electron chi connectivity index (χ4n) is 2.51. The van der Waals surface area contributed by atoms with Crippen molar-refractivity contribution in [2.24, 2.45) is 0 Å². The number of nitrogens with zero attached hydrogens (tertiary/aromatic N) is 3. The van der Waals surface area contributed by atoms with E-state index in [2.05, 4.69) is 5.10 Å². The Balaban J connectivity index is 1.81. The fraction of sp³-hybridized carbons (Fsp3) is 0.150. The molecule has 0 spiro atoms. The number of hydrogen-bond acceptors (Lipinski definition) is 4. The first kappa shape index (κ1) is 17.7. The van der Waals surface area contributed by atoms with Gasteiger partial charge in [0.25, 0.3) is 0 Å². The molecule has 3 aromatic rings. The zero-order valence-corrected chi connectivity index (χ0v) is 15.1. The Morgan fingerprint density at radius 1 is 1.15 bits per heavy atom. The van der Waals surface area contributed by atoms with E-state index in [1.807, 2.05) is 37.3 Å². The number of esters is 1. The first-order valence-corrected chi connectivity index (χ1v) is 8.36. The summed E-state index contributed by atoms with van der Waals surface area (Å²) in [4.78, 5) is 12.5. The van der Waals surface area contributed by atoms with Crippen LogP contribution in [0.25, 0.3) is 0 Å². The summed E-state index contributed by atoms with van der Waals surface area (Å²) in [5, 5.41) is 13.4. The molecule has 1 aromatic heterocycles. The molecule has 0 aliphatic heterocycles. The highest BCUT2D eigenvalue weighted by Crippen LogP contribution is 2.23. The zero-order valence-electron chi connectivity index (χ0n) is 14.4. The summed E-state index contributed by atoms with van der Waals surface area (Å²) in [5.74, 6) is -0.233. The predicted octanol–water partition coefficient (Wildman–Crippen LogP) is 4.29. The van der Waals surface area contributed by atoms with Crippen LogP contribution in [0.2, 0.25) is 5.15 Å². The number of carbonyl (C=O) groups excluding carboxylic acids is 1. The van der Waals surface area contributed by atoms with Gasteiger partial charge in [-0.3, -0.25) is 0 Å². The molecule has 0 saturated heterocycles. The van der Waals surface area contributed by atoms with E-state index < -0.39 is 5.97 Å². The Bertz CT molecular complexity index is 984. The van der Waals surface area contributed by atoms with Crippen LogP contribution in [0, 0.1) is 25.2 Å². The molecule has 0 aliphatic rings. The van der Waals surface area contributed by atoms with Gasteiger partial charge in [0.05, 0.1) is 23.9 Å². The van der Waals surface area contributed by atoms with Gasteiger partial charge in [-0.25, -0.2) is 9.48 Å². The van der Waals surface area contributed by atoms with Gasteiger partial charge in [-0.1, -0.05) is 41.4 Å². The van der Waals surface area contributed by atoms with Crippen molar-refractivity contribution in [1.82, 2.24) is 9.78 Å². The Morgan fingerprint density at radius 3 is 2.42 bits per heavy atom. The number of benzene rings is 2. The minimum absolute atomic E-state index is 0.238. The minimum Gasteiger partial charge on any atom is -0.423 e. The number of aryl methyl sites for hydroxylation is 2. The van der Waals surface area contributed by atoms with E-state index >= 15 is 0 Å². The van der Waals surface area contributed by atoms with E-state index in [1.165, 1.54) is 5.56 Å². The zero-order chi connectivity index (χ0) is 18.7. The van der Waals surface area contributed by atoms with Gasteiger partial charge in [-0.2, -0.15) is 10.4 Å². The molecule has 0 atom stereocenters. The lowest BCUT2D eigenvalue weighted by Gasteiger charge is -2.06. The summed E-state index contributed by atoms with van der Waals surface area (Å²) in [6.45, 7) is 4.20. The van der Waals surface area contributed by atoms with E-state index in [0.29, 0.717) is 23.6 Å². The predicted molar refractivity (Wildman–Crippen MR) is 98.4 cm³/mol. The number of rotatable bonds is 4. The Morgan fingerprint density at radius 2 is 1.81 bits per heavy atom. The van der Waals surface area contributed by atoms with E-state index in [0.717, 1.165) is 5.56 Å². The molecular weight excluding hydrogens is 350 g/mol. The van der Waals surface area contributed by atoms with Gasteiger partial charge < -0.3 is 4.74 Å². The first-order chi connectivity index (χ1) is 12.5. The van der Waals surface area contributed by atoms with Crippen LogP contribution in [0.3, 0.4) is 0 Å². The number of aromatic nitrogens is 2. The van der Waals surface area contributed by atoms with E-state index in [1.54, 1.807) is 35.9 Å². The topological polar surface area (TPSA) is 67.9 Å². The van der Waals surface area contributed by atoms with Crippen LogP contribution in [0.4, 0.5) is 0 Å². The van der Waals surface area contributed by atoms with Crippen LogP contribution in [0.15, 0.2) is 48.5 Å². The molecule has 130 valence electrons. The number of carbonyl (C=O) groups is 1. The molecule has 0 amide bonds. The van der Waals surface area contributed by atoms with Gasteiger partial charge in [0, 0.05) is 0 Å². The Kier molecular flexibility index (Phi) is 5.06. The van der Waals surface area contributed by atoms with E-state index in [-0.39, 0.29) is 10.7 Å². The first-order valence-electron chi connectivity index (χ1n) is 7.98. The Labute approximate surface area is 156 Å².